The fourth-order valence-corrected chi connectivity index (χ4v) is 3.86. The van der Waals surface area contributed by atoms with Crippen molar-refractivity contribution in [2.24, 2.45) is 10.3 Å². The van der Waals surface area contributed by atoms with E-state index in [4.69, 9.17) is 20.9 Å². The third-order valence-corrected chi connectivity index (χ3v) is 5.35. The molecule has 1 fully saturated rings. The van der Waals surface area contributed by atoms with Crippen LogP contribution in [-0.2, 0) is 16.1 Å². The number of amides is 2. The monoisotopic (exact) mass is 452 g/mol. The maximum atomic E-state index is 13.1. The van der Waals surface area contributed by atoms with Gasteiger partial charge in [0.15, 0.2) is 12.1 Å². The van der Waals surface area contributed by atoms with E-state index >= 15 is 0 Å². The molecule has 3 aromatic rings. The Morgan fingerprint density at radius 3 is 2.69 bits per heavy atom. The van der Waals surface area contributed by atoms with Gasteiger partial charge in [-0.2, -0.15) is 10.1 Å². The molecule has 2 amide bonds. The number of hydrogen-bond donors (Lipinski definition) is 0. The summed E-state index contributed by atoms with van der Waals surface area (Å²) in [5.74, 6) is 0.410. The quantitative estimate of drug-likeness (QED) is 0.527. The highest BCUT2D eigenvalue weighted by Crippen LogP contribution is 2.33. The van der Waals surface area contributed by atoms with Gasteiger partial charge in [-0.25, -0.2) is 4.90 Å². The van der Waals surface area contributed by atoms with Gasteiger partial charge < -0.3 is 9.26 Å². The van der Waals surface area contributed by atoms with Crippen molar-refractivity contribution < 1.29 is 18.8 Å². The first-order chi connectivity index (χ1) is 15.5. The van der Waals surface area contributed by atoms with E-state index in [9.17, 15) is 9.59 Å². The zero-order valence-corrected chi connectivity index (χ0v) is 17.6. The number of anilines is 1. The first-order valence-electron chi connectivity index (χ1n) is 9.92. The van der Waals surface area contributed by atoms with E-state index in [1.54, 1.807) is 48.5 Å². The first-order valence-corrected chi connectivity index (χ1v) is 10.3. The van der Waals surface area contributed by atoms with Gasteiger partial charge in [-0.3, -0.25) is 14.6 Å². The number of benzene rings is 2. The fourth-order valence-electron chi connectivity index (χ4n) is 3.67. The molecular formula is C21H17ClN6O4. The minimum absolute atomic E-state index is 0.0361. The Hall–Kier alpha value is -3.79. The standard InChI is InChI=1S/C21H17ClN6O4/c1-2-31-15-8-6-14(7-9-15)28-20(29)17-18(21(28)30)27(26-24-17)11-16-23-19(25-32-16)12-4-3-5-13(22)10-12/h3-10,17-18H,2,11H2,1H3/t17-,18-/m1/s1. The topological polar surface area (TPSA) is 113 Å². The third-order valence-electron chi connectivity index (χ3n) is 5.11. The van der Waals surface area contributed by atoms with E-state index in [0.29, 0.717) is 34.5 Å². The normalized spacial score (nSPS) is 19.7. The predicted molar refractivity (Wildman–Crippen MR) is 113 cm³/mol. The summed E-state index contributed by atoms with van der Waals surface area (Å²) in [6.07, 6.45) is 0. The summed E-state index contributed by atoms with van der Waals surface area (Å²) in [6.45, 7) is 2.44. The maximum absolute atomic E-state index is 13.1. The van der Waals surface area contributed by atoms with Gasteiger partial charge in [0.2, 0.25) is 11.7 Å². The molecular weight excluding hydrogens is 436 g/mol. The molecule has 162 valence electrons. The van der Waals surface area contributed by atoms with Crippen LogP contribution >= 0.6 is 11.6 Å². The van der Waals surface area contributed by atoms with Crippen LogP contribution < -0.4 is 9.64 Å². The lowest BCUT2D eigenvalue weighted by Crippen LogP contribution is -2.39. The summed E-state index contributed by atoms with van der Waals surface area (Å²) in [6, 6.07) is 12.0. The van der Waals surface area contributed by atoms with E-state index in [1.807, 2.05) is 6.92 Å². The van der Waals surface area contributed by atoms with Crippen molar-refractivity contribution in [1.29, 1.82) is 0 Å². The Labute approximate surface area is 187 Å². The number of aromatic nitrogens is 2. The van der Waals surface area contributed by atoms with Gasteiger partial charge in [0.25, 0.3) is 11.8 Å². The molecule has 2 atom stereocenters. The Kier molecular flexibility index (Phi) is 5.06. The molecule has 0 saturated carbocycles. The molecule has 0 spiro atoms. The average Bonchev–Trinajstić information content (AvgIpc) is 3.48. The molecule has 0 unspecified atom stereocenters. The summed E-state index contributed by atoms with van der Waals surface area (Å²) in [5, 5.41) is 13.9. The van der Waals surface area contributed by atoms with E-state index in [1.165, 1.54) is 5.01 Å². The Morgan fingerprint density at radius 2 is 1.94 bits per heavy atom. The van der Waals surface area contributed by atoms with Crippen molar-refractivity contribution in [2.75, 3.05) is 11.5 Å². The SMILES string of the molecule is CCOc1ccc(N2C(=O)[C@@H]3N=NN(Cc4nc(-c5cccc(Cl)c5)no4)[C@H]3C2=O)cc1. The number of imide groups is 1. The molecule has 5 rings (SSSR count). The number of hydrogen-bond acceptors (Lipinski definition) is 9. The van der Waals surface area contributed by atoms with Crippen LogP contribution in [0.25, 0.3) is 11.4 Å². The van der Waals surface area contributed by atoms with Crippen LogP contribution in [0.2, 0.25) is 5.02 Å². The van der Waals surface area contributed by atoms with Gasteiger partial charge >= 0.3 is 0 Å². The number of nitrogens with zero attached hydrogens (tertiary/aromatic N) is 6. The van der Waals surface area contributed by atoms with Crippen LogP contribution in [0.15, 0.2) is 63.4 Å². The summed E-state index contributed by atoms with van der Waals surface area (Å²) in [4.78, 5) is 31.4. The lowest BCUT2D eigenvalue weighted by atomic mass is 10.1. The average molecular weight is 453 g/mol. The molecule has 0 radical (unpaired) electrons. The van der Waals surface area contributed by atoms with Gasteiger partial charge in [-0.15, -0.1) is 0 Å². The molecule has 1 aromatic heterocycles. The minimum atomic E-state index is -0.913. The van der Waals surface area contributed by atoms with E-state index in [2.05, 4.69) is 20.5 Å². The Bertz CT molecular complexity index is 1210. The third kappa shape index (κ3) is 3.48. The molecule has 0 aliphatic carbocycles. The van der Waals surface area contributed by atoms with Crippen molar-refractivity contribution in [1.82, 2.24) is 15.1 Å². The van der Waals surface area contributed by atoms with Crippen LogP contribution in [0.3, 0.4) is 0 Å². The highest BCUT2D eigenvalue weighted by molar-refractivity contribution is 6.30. The first kappa shape index (κ1) is 20.1. The van der Waals surface area contributed by atoms with Crippen LogP contribution in [0.5, 0.6) is 5.75 Å². The minimum Gasteiger partial charge on any atom is -0.494 e. The van der Waals surface area contributed by atoms with Crippen LogP contribution in [0.1, 0.15) is 12.8 Å². The number of rotatable bonds is 6. The summed E-state index contributed by atoms with van der Waals surface area (Å²) >= 11 is 6.02. The highest BCUT2D eigenvalue weighted by Gasteiger charge is 2.55. The molecule has 32 heavy (non-hydrogen) atoms. The zero-order chi connectivity index (χ0) is 22.2. The number of ether oxygens (including phenoxy) is 1. The predicted octanol–water partition coefficient (Wildman–Crippen LogP) is 3.28. The molecule has 10 nitrogen and oxygen atoms in total. The molecule has 11 heteroatoms. The highest BCUT2D eigenvalue weighted by atomic mass is 35.5. The number of carbonyl (C=O) groups excluding carboxylic acids is 2. The molecule has 3 heterocycles. The fraction of sp³-hybridized carbons (Fsp3) is 0.238. The lowest BCUT2D eigenvalue weighted by molar-refractivity contribution is -0.123. The Balaban J connectivity index is 1.34. The van der Waals surface area contributed by atoms with Crippen LogP contribution in [0, 0.1) is 0 Å². The second-order valence-corrected chi connectivity index (χ2v) is 7.59. The van der Waals surface area contributed by atoms with Crippen LogP contribution in [-0.4, -0.2) is 45.7 Å². The summed E-state index contributed by atoms with van der Waals surface area (Å²) in [5.41, 5.74) is 1.15. The molecule has 0 bridgehead atoms. The van der Waals surface area contributed by atoms with Gasteiger partial charge in [-0.05, 0) is 43.3 Å². The van der Waals surface area contributed by atoms with E-state index in [-0.39, 0.29) is 12.4 Å². The maximum Gasteiger partial charge on any atom is 0.263 e. The van der Waals surface area contributed by atoms with Gasteiger partial charge in [0.05, 0.1) is 12.3 Å². The Morgan fingerprint density at radius 1 is 1.12 bits per heavy atom. The number of carbonyl (C=O) groups is 2. The number of fused-ring (bicyclic) bond motifs is 1. The van der Waals surface area contributed by atoms with Crippen molar-refractivity contribution in [2.45, 2.75) is 25.6 Å². The van der Waals surface area contributed by atoms with Crippen LogP contribution in [0.4, 0.5) is 5.69 Å². The molecule has 2 aromatic carbocycles. The molecule has 0 N–H and O–H groups in total. The molecule has 1 saturated heterocycles. The van der Waals surface area contributed by atoms with Crippen molar-refractivity contribution >= 4 is 29.1 Å². The second-order valence-electron chi connectivity index (χ2n) is 7.15. The zero-order valence-electron chi connectivity index (χ0n) is 16.9. The van der Waals surface area contributed by atoms with E-state index in [0.717, 1.165) is 4.90 Å². The molecule has 2 aliphatic rings. The molecule has 2 aliphatic heterocycles. The smallest absolute Gasteiger partial charge is 0.263 e. The largest absolute Gasteiger partial charge is 0.494 e. The van der Waals surface area contributed by atoms with Crippen molar-refractivity contribution in [3.8, 4) is 17.1 Å². The summed E-state index contributed by atoms with van der Waals surface area (Å²) in [7, 11) is 0. The second kappa shape index (κ2) is 8.04. The van der Waals surface area contributed by atoms with Gasteiger partial charge in [0, 0.05) is 10.6 Å². The lowest BCUT2D eigenvalue weighted by Gasteiger charge is -2.19. The van der Waals surface area contributed by atoms with Crippen molar-refractivity contribution in [3.05, 3.63) is 59.4 Å². The number of halogens is 1. The summed E-state index contributed by atoms with van der Waals surface area (Å²) < 4.78 is 10.7. The van der Waals surface area contributed by atoms with Crippen molar-refractivity contribution in [3.63, 3.8) is 0 Å². The van der Waals surface area contributed by atoms with E-state index < -0.39 is 23.9 Å². The van der Waals surface area contributed by atoms with Gasteiger partial charge in [-0.1, -0.05) is 34.1 Å². The van der Waals surface area contributed by atoms with Gasteiger partial charge in [0.1, 0.15) is 12.3 Å².